The van der Waals surface area contributed by atoms with Crippen LogP contribution in [0.1, 0.15) is 10.4 Å². The van der Waals surface area contributed by atoms with Gasteiger partial charge in [-0.2, -0.15) is 0 Å². The molecule has 4 nitrogen and oxygen atoms in total. The van der Waals surface area contributed by atoms with Crippen LogP contribution < -0.4 is 5.73 Å². The number of carbonyl (C=O) groups excluding carboxylic acids is 1. The lowest BCUT2D eigenvalue weighted by molar-refractivity contribution is 0.100. The first-order valence-electron chi connectivity index (χ1n) is 6.35. The van der Waals surface area contributed by atoms with Gasteiger partial charge in [0, 0.05) is 34.8 Å². The number of aromatic amines is 1. The molecule has 3 N–H and O–H groups in total. The molecule has 0 aliphatic carbocycles. The molecule has 0 saturated carbocycles. The second-order valence-corrected chi connectivity index (χ2v) is 5.35. The lowest BCUT2D eigenvalue weighted by atomic mass is 10.0. The Labute approximate surface area is 130 Å². The third kappa shape index (κ3) is 2.60. The molecule has 0 aliphatic rings. The minimum atomic E-state index is -0.441. The Bertz CT molecular complexity index is 796. The van der Waals surface area contributed by atoms with Gasteiger partial charge in [-0.15, -0.1) is 0 Å². The highest BCUT2D eigenvalue weighted by Crippen LogP contribution is 2.34. The third-order valence-electron chi connectivity index (χ3n) is 3.24. The van der Waals surface area contributed by atoms with Crippen LogP contribution in [0.2, 0.25) is 0 Å². The van der Waals surface area contributed by atoms with Crippen molar-refractivity contribution in [2.24, 2.45) is 5.73 Å². The summed E-state index contributed by atoms with van der Waals surface area (Å²) in [6, 6.07) is 13.1. The van der Waals surface area contributed by atoms with Gasteiger partial charge in [0.15, 0.2) is 0 Å². The summed E-state index contributed by atoms with van der Waals surface area (Å²) in [5.74, 6) is -0.441. The molecular formula is C16H12BrN3O. The SMILES string of the molecule is NC(=O)c1ccccc1-c1cc(-c2ccncc2)[nH]c1Br. The van der Waals surface area contributed by atoms with Crippen molar-refractivity contribution in [2.75, 3.05) is 0 Å². The molecule has 0 aliphatic heterocycles. The minimum absolute atomic E-state index is 0.441. The van der Waals surface area contributed by atoms with E-state index >= 15 is 0 Å². The molecule has 1 amide bonds. The van der Waals surface area contributed by atoms with Crippen molar-refractivity contribution in [1.82, 2.24) is 9.97 Å². The summed E-state index contributed by atoms with van der Waals surface area (Å²) in [6.45, 7) is 0. The van der Waals surface area contributed by atoms with Crippen molar-refractivity contribution >= 4 is 21.8 Å². The van der Waals surface area contributed by atoms with Gasteiger partial charge in [-0.05, 0) is 45.8 Å². The molecule has 21 heavy (non-hydrogen) atoms. The van der Waals surface area contributed by atoms with Crippen molar-refractivity contribution in [3.8, 4) is 22.4 Å². The van der Waals surface area contributed by atoms with Gasteiger partial charge < -0.3 is 10.7 Å². The minimum Gasteiger partial charge on any atom is -0.366 e. The van der Waals surface area contributed by atoms with Crippen molar-refractivity contribution in [3.63, 3.8) is 0 Å². The number of hydrogen-bond acceptors (Lipinski definition) is 2. The van der Waals surface area contributed by atoms with E-state index in [0.29, 0.717) is 5.56 Å². The molecule has 2 aromatic heterocycles. The molecule has 0 atom stereocenters. The van der Waals surface area contributed by atoms with E-state index in [0.717, 1.165) is 27.0 Å². The normalized spacial score (nSPS) is 10.5. The van der Waals surface area contributed by atoms with Gasteiger partial charge in [-0.1, -0.05) is 18.2 Å². The van der Waals surface area contributed by atoms with E-state index in [9.17, 15) is 4.79 Å². The smallest absolute Gasteiger partial charge is 0.249 e. The van der Waals surface area contributed by atoms with Gasteiger partial charge in [0.1, 0.15) is 0 Å². The lowest BCUT2D eigenvalue weighted by Crippen LogP contribution is -2.12. The molecule has 1 aromatic carbocycles. The van der Waals surface area contributed by atoms with Crippen LogP contribution in [0.4, 0.5) is 0 Å². The number of amides is 1. The number of carbonyl (C=O) groups is 1. The molecular weight excluding hydrogens is 330 g/mol. The number of primary amides is 1. The maximum absolute atomic E-state index is 11.6. The predicted molar refractivity (Wildman–Crippen MR) is 85.7 cm³/mol. The lowest BCUT2D eigenvalue weighted by Gasteiger charge is -2.04. The van der Waals surface area contributed by atoms with Crippen LogP contribution in [0.5, 0.6) is 0 Å². The zero-order chi connectivity index (χ0) is 14.8. The Kier molecular flexibility index (Phi) is 3.58. The average Bonchev–Trinajstić information content (AvgIpc) is 2.90. The molecule has 0 radical (unpaired) electrons. The van der Waals surface area contributed by atoms with Crippen molar-refractivity contribution in [2.45, 2.75) is 0 Å². The first-order chi connectivity index (χ1) is 10.2. The number of nitrogens with zero attached hydrogens (tertiary/aromatic N) is 1. The van der Waals surface area contributed by atoms with E-state index in [1.807, 2.05) is 30.3 Å². The van der Waals surface area contributed by atoms with Gasteiger partial charge >= 0.3 is 0 Å². The van der Waals surface area contributed by atoms with Crippen LogP contribution >= 0.6 is 15.9 Å². The number of nitrogens with two attached hydrogens (primary N) is 1. The van der Waals surface area contributed by atoms with E-state index in [1.165, 1.54) is 0 Å². The Morgan fingerprint density at radius 3 is 2.52 bits per heavy atom. The monoisotopic (exact) mass is 341 g/mol. The van der Waals surface area contributed by atoms with Crippen LogP contribution in [-0.2, 0) is 0 Å². The molecule has 0 saturated heterocycles. The second kappa shape index (κ2) is 5.54. The maximum Gasteiger partial charge on any atom is 0.249 e. The first kappa shape index (κ1) is 13.6. The number of nitrogens with one attached hydrogen (secondary N) is 1. The topological polar surface area (TPSA) is 71.8 Å². The largest absolute Gasteiger partial charge is 0.366 e. The molecule has 0 spiro atoms. The van der Waals surface area contributed by atoms with Gasteiger partial charge in [0.05, 0.1) is 4.60 Å². The summed E-state index contributed by atoms with van der Waals surface area (Å²) in [4.78, 5) is 18.8. The summed E-state index contributed by atoms with van der Waals surface area (Å²) >= 11 is 3.51. The van der Waals surface area contributed by atoms with Crippen LogP contribution in [0.25, 0.3) is 22.4 Å². The number of hydrogen-bond donors (Lipinski definition) is 2. The van der Waals surface area contributed by atoms with Crippen molar-refractivity contribution in [1.29, 1.82) is 0 Å². The zero-order valence-electron chi connectivity index (χ0n) is 11.0. The fraction of sp³-hybridized carbons (Fsp3) is 0. The molecule has 0 bridgehead atoms. The summed E-state index contributed by atoms with van der Waals surface area (Å²) < 4.78 is 0.808. The Balaban J connectivity index is 2.13. The second-order valence-electron chi connectivity index (χ2n) is 4.56. The fourth-order valence-corrected chi connectivity index (χ4v) is 2.79. The Morgan fingerprint density at radius 2 is 1.81 bits per heavy atom. The number of H-pyrrole nitrogens is 1. The van der Waals surface area contributed by atoms with Crippen LogP contribution in [-0.4, -0.2) is 15.9 Å². The summed E-state index contributed by atoms with van der Waals surface area (Å²) in [5.41, 5.74) is 9.61. The highest BCUT2D eigenvalue weighted by molar-refractivity contribution is 9.10. The quantitative estimate of drug-likeness (QED) is 0.763. The third-order valence-corrected chi connectivity index (χ3v) is 3.87. The molecule has 3 rings (SSSR count). The average molecular weight is 342 g/mol. The van der Waals surface area contributed by atoms with E-state index in [4.69, 9.17) is 5.73 Å². The number of aromatic nitrogens is 2. The number of benzene rings is 1. The summed E-state index contributed by atoms with van der Waals surface area (Å²) in [5, 5.41) is 0. The maximum atomic E-state index is 11.6. The molecule has 5 heteroatoms. The number of rotatable bonds is 3. The van der Waals surface area contributed by atoms with Crippen LogP contribution in [0.15, 0.2) is 59.5 Å². The molecule has 0 unspecified atom stereocenters. The van der Waals surface area contributed by atoms with E-state index in [2.05, 4.69) is 25.9 Å². The van der Waals surface area contributed by atoms with E-state index in [1.54, 1.807) is 24.5 Å². The highest BCUT2D eigenvalue weighted by Gasteiger charge is 2.15. The summed E-state index contributed by atoms with van der Waals surface area (Å²) in [6.07, 6.45) is 3.47. The fourth-order valence-electron chi connectivity index (χ4n) is 2.25. The first-order valence-corrected chi connectivity index (χ1v) is 7.14. The van der Waals surface area contributed by atoms with Crippen molar-refractivity contribution < 1.29 is 4.79 Å². The predicted octanol–water partition coefficient (Wildman–Crippen LogP) is 3.61. The molecule has 0 fully saturated rings. The number of pyridine rings is 1. The zero-order valence-corrected chi connectivity index (χ0v) is 12.6. The van der Waals surface area contributed by atoms with Gasteiger partial charge in [0.25, 0.3) is 0 Å². The van der Waals surface area contributed by atoms with Gasteiger partial charge in [-0.3, -0.25) is 9.78 Å². The molecule has 3 aromatic rings. The Morgan fingerprint density at radius 1 is 1.10 bits per heavy atom. The van der Waals surface area contributed by atoms with Gasteiger partial charge in [-0.25, -0.2) is 0 Å². The van der Waals surface area contributed by atoms with Crippen molar-refractivity contribution in [3.05, 3.63) is 65.0 Å². The summed E-state index contributed by atoms with van der Waals surface area (Å²) in [7, 11) is 0. The molecule has 2 heterocycles. The highest BCUT2D eigenvalue weighted by atomic mass is 79.9. The number of halogens is 1. The van der Waals surface area contributed by atoms with Crippen LogP contribution in [0.3, 0.4) is 0 Å². The van der Waals surface area contributed by atoms with E-state index < -0.39 is 5.91 Å². The van der Waals surface area contributed by atoms with Crippen LogP contribution in [0, 0.1) is 0 Å². The van der Waals surface area contributed by atoms with E-state index in [-0.39, 0.29) is 0 Å². The molecule has 104 valence electrons. The standard InChI is InChI=1S/C16H12BrN3O/c17-15-13(11-3-1-2-4-12(11)16(18)21)9-14(20-15)10-5-7-19-8-6-10/h1-9,20H,(H2,18,21). The Hall–Kier alpha value is -2.40. The van der Waals surface area contributed by atoms with Gasteiger partial charge in [0.2, 0.25) is 5.91 Å².